The number of hydrogen-bond donors (Lipinski definition) is 1. The predicted molar refractivity (Wildman–Crippen MR) is 67.2 cm³/mol. The summed E-state index contributed by atoms with van der Waals surface area (Å²) in [6.07, 6.45) is -6.46. The number of alkyl halides is 5. The van der Waals surface area contributed by atoms with Crippen LogP contribution in [0.2, 0.25) is 5.15 Å². The van der Waals surface area contributed by atoms with E-state index >= 15 is 0 Å². The topological polar surface area (TPSA) is 38.0 Å². The van der Waals surface area contributed by atoms with Crippen LogP contribution in [0.15, 0.2) is 24.5 Å². The highest BCUT2D eigenvalue weighted by Crippen LogP contribution is 2.49. The lowest BCUT2D eigenvalue weighted by molar-refractivity contribution is -0.142. The minimum Gasteiger partial charge on any atom is -0.382 e. The molecule has 1 aliphatic carbocycles. The molecule has 0 bridgehead atoms. The molecule has 3 rings (SSSR count). The Morgan fingerprint density at radius 1 is 1.32 bits per heavy atom. The number of pyridine rings is 1. The number of fused-ring (bicyclic) bond motifs is 1. The number of halogens is 6. The van der Waals surface area contributed by atoms with Gasteiger partial charge in [-0.3, -0.25) is 0 Å². The Kier molecular flexibility index (Phi) is 3.23. The molecule has 0 radical (unpaired) electrons. The van der Waals surface area contributed by atoms with Gasteiger partial charge in [-0.05, 0) is 12.1 Å². The SMILES string of the molecule is OC1c2c(C(F)(F)F)cn(-c3ccc(Cl)nc3)c2CC1(F)F. The second-order valence-electron chi connectivity index (χ2n) is 4.95. The Morgan fingerprint density at radius 2 is 2.00 bits per heavy atom. The third-order valence-corrected chi connectivity index (χ3v) is 3.75. The first-order valence-corrected chi connectivity index (χ1v) is 6.48. The highest BCUT2D eigenvalue weighted by atomic mass is 35.5. The Hall–Kier alpha value is -1.67. The quantitative estimate of drug-likeness (QED) is 0.635. The van der Waals surface area contributed by atoms with E-state index in [0.29, 0.717) is 6.20 Å². The lowest BCUT2D eigenvalue weighted by atomic mass is 10.1. The molecule has 0 amide bonds. The average Bonchev–Trinajstić information content (AvgIpc) is 2.86. The molecule has 2 aromatic rings. The average molecular weight is 339 g/mol. The highest BCUT2D eigenvalue weighted by molar-refractivity contribution is 6.29. The standard InChI is InChI=1S/C13H8ClF5N2O/c14-9-2-1-6(4-20-9)21-5-7(13(17,18)19)10-8(21)3-12(15,16)11(10)22/h1-2,4-5,11,22H,3H2. The maximum Gasteiger partial charge on any atom is 0.418 e. The molecule has 0 saturated heterocycles. The highest BCUT2D eigenvalue weighted by Gasteiger charge is 2.53. The molecule has 22 heavy (non-hydrogen) atoms. The lowest BCUT2D eigenvalue weighted by Crippen LogP contribution is -2.23. The van der Waals surface area contributed by atoms with E-state index in [-0.39, 0.29) is 16.5 Å². The van der Waals surface area contributed by atoms with Crippen molar-refractivity contribution < 1.29 is 27.1 Å². The summed E-state index contributed by atoms with van der Waals surface area (Å²) in [6.45, 7) is 0. The molecule has 118 valence electrons. The lowest BCUT2D eigenvalue weighted by Gasteiger charge is -2.16. The van der Waals surface area contributed by atoms with E-state index < -0.39 is 35.8 Å². The first-order chi connectivity index (χ1) is 10.1. The molecule has 9 heteroatoms. The van der Waals surface area contributed by atoms with E-state index in [9.17, 15) is 27.1 Å². The Morgan fingerprint density at radius 3 is 2.55 bits per heavy atom. The van der Waals surface area contributed by atoms with Gasteiger partial charge in [-0.2, -0.15) is 13.2 Å². The van der Waals surface area contributed by atoms with Crippen molar-refractivity contribution in [2.45, 2.75) is 24.6 Å². The van der Waals surface area contributed by atoms with Crippen molar-refractivity contribution >= 4 is 11.6 Å². The van der Waals surface area contributed by atoms with Crippen molar-refractivity contribution in [3.05, 3.63) is 46.5 Å². The third-order valence-electron chi connectivity index (χ3n) is 3.52. The zero-order chi connectivity index (χ0) is 16.3. The van der Waals surface area contributed by atoms with Gasteiger partial charge in [0.05, 0.1) is 23.9 Å². The maximum atomic E-state index is 13.6. The molecule has 0 aliphatic heterocycles. The van der Waals surface area contributed by atoms with Gasteiger partial charge in [-0.25, -0.2) is 13.8 Å². The van der Waals surface area contributed by atoms with Crippen LogP contribution in [0.3, 0.4) is 0 Å². The van der Waals surface area contributed by atoms with Crippen LogP contribution < -0.4 is 0 Å². The molecule has 3 nitrogen and oxygen atoms in total. The van der Waals surface area contributed by atoms with Crippen molar-refractivity contribution in [1.29, 1.82) is 0 Å². The van der Waals surface area contributed by atoms with Crippen molar-refractivity contribution in [2.24, 2.45) is 0 Å². The van der Waals surface area contributed by atoms with Crippen LogP contribution in [-0.4, -0.2) is 20.6 Å². The second-order valence-corrected chi connectivity index (χ2v) is 5.34. The Balaban J connectivity index is 2.22. The second kappa shape index (κ2) is 4.66. The van der Waals surface area contributed by atoms with E-state index in [4.69, 9.17) is 11.6 Å². The van der Waals surface area contributed by atoms with Gasteiger partial charge >= 0.3 is 6.18 Å². The van der Waals surface area contributed by atoms with Gasteiger partial charge < -0.3 is 9.67 Å². The number of rotatable bonds is 1. The number of hydrogen-bond acceptors (Lipinski definition) is 2. The molecular weight excluding hydrogens is 331 g/mol. The molecule has 0 saturated carbocycles. The van der Waals surface area contributed by atoms with Gasteiger partial charge in [0.1, 0.15) is 11.3 Å². The van der Waals surface area contributed by atoms with Gasteiger partial charge in [0.15, 0.2) is 0 Å². The summed E-state index contributed by atoms with van der Waals surface area (Å²) in [5, 5.41) is 9.68. The smallest absolute Gasteiger partial charge is 0.382 e. The molecule has 2 aromatic heterocycles. The largest absolute Gasteiger partial charge is 0.418 e. The van der Waals surface area contributed by atoms with Crippen LogP contribution in [0.1, 0.15) is 22.9 Å². The number of aliphatic hydroxyl groups excluding tert-OH is 1. The van der Waals surface area contributed by atoms with E-state index in [2.05, 4.69) is 4.98 Å². The fourth-order valence-electron chi connectivity index (χ4n) is 2.55. The van der Waals surface area contributed by atoms with E-state index in [1.54, 1.807) is 0 Å². The normalized spacial score (nSPS) is 20.2. The number of aromatic nitrogens is 2. The van der Waals surface area contributed by atoms with Gasteiger partial charge in [0.2, 0.25) is 0 Å². The molecule has 0 fully saturated rings. The molecule has 1 N–H and O–H groups in total. The van der Waals surface area contributed by atoms with Crippen molar-refractivity contribution in [3.63, 3.8) is 0 Å². The molecule has 0 aromatic carbocycles. The summed E-state index contributed by atoms with van der Waals surface area (Å²) in [5.74, 6) is -3.65. The van der Waals surface area contributed by atoms with Crippen LogP contribution in [-0.2, 0) is 12.6 Å². The van der Waals surface area contributed by atoms with Crippen molar-refractivity contribution in [2.75, 3.05) is 0 Å². The summed E-state index contributed by atoms with van der Waals surface area (Å²) >= 11 is 5.60. The number of nitrogens with zero attached hydrogens (tertiary/aromatic N) is 2. The van der Waals surface area contributed by atoms with Gasteiger partial charge in [0, 0.05) is 17.5 Å². The van der Waals surface area contributed by atoms with Crippen molar-refractivity contribution in [1.82, 2.24) is 9.55 Å². The molecule has 2 heterocycles. The summed E-state index contributed by atoms with van der Waals surface area (Å²) in [7, 11) is 0. The van der Waals surface area contributed by atoms with Crippen LogP contribution in [0.4, 0.5) is 22.0 Å². The zero-order valence-electron chi connectivity index (χ0n) is 10.7. The minimum absolute atomic E-state index is 0.119. The minimum atomic E-state index is -4.85. The van der Waals surface area contributed by atoms with Crippen LogP contribution >= 0.6 is 11.6 Å². The Bertz CT molecular complexity index is 723. The van der Waals surface area contributed by atoms with Gasteiger partial charge in [-0.1, -0.05) is 11.6 Å². The molecular formula is C13H8ClF5N2O. The number of aliphatic hydroxyl groups is 1. The zero-order valence-corrected chi connectivity index (χ0v) is 11.5. The van der Waals surface area contributed by atoms with E-state index in [1.807, 2.05) is 0 Å². The predicted octanol–water partition coefficient (Wildman–Crippen LogP) is 3.77. The third kappa shape index (κ3) is 2.26. The monoisotopic (exact) mass is 338 g/mol. The maximum absolute atomic E-state index is 13.6. The van der Waals surface area contributed by atoms with Gasteiger partial charge in [0.25, 0.3) is 5.92 Å². The Labute approximate surface area is 126 Å². The van der Waals surface area contributed by atoms with Crippen molar-refractivity contribution in [3.8, 4) is 5.69 Å². The van der Waals surface area contributed by atoms with E-state index in [0.717, 1.165) is 4.57 Å². The molecule has 1 unspecified atom stereocenters. The summed E-state index contributed by atoms with van der Waals surface area (Å²) in [4.78, 5) is 3.72. The summed E-state index contributed by atoms with van der Waals surface area (Å²) < 4.78 is 67.4. The van der Waals surface area contributed by atoms with Crippen LogP contribution in [0.25, 0.3) is 5.69 Å². The summed E-state index contributed by atoms with van der Waals surface area (Å²) in [5.41, 5.74) is -2.19. The fourth-order valence-corrected chi connectivity index (χ4v) is 2.66. The van der Waals surface area contributed by atoms with Crippen LogP contribution in [0.5, 0.6) is 0 Å². The van der Waals surface area contributed by atoms with Gasteiger partial charge in [-0.15, -0.1) is 0 Å². The summed E-state index contributed by atoms with van der Waals surface area (Å²) in [6, 6.07) is 2.69. The first kappa shape index (κ1) is 15.2. The fraction of sp³-hybridized carbons (Fsp3) is 0.308. The van der Waals surface area contributed by atoms with Crippen LogP contribution in [0, 0.1) is 0 Å². The molecule has 0 spiro atoms. The molecule has 1 aliphatic rings. The van der Waals surface area contributed by atoms with E-state index in [1.165, 1.54) is 18.3 Å². The molecule has 1 atom stereocenters. The first-order valence-electron chi connectivity index (χ1n) is 6.10.